The van der Waals surface area contributed by atoms with Crippen molar-refractivity contribution in [3.05, 3.63) is 78.1 Å². The van der Waals surface area contributed by atoms with Crippen molar-refractivity contribution in [3.8, 4) is 11.1 Å². The number of anilines is 3. The van der Waals surface area contributed by atoms with Crippen molar-refractivity contribution < 1.29 is 17.9 Å². The largest absolute Gasteiger partial charge is 0.411 e. The molecule has 0 radical (unpaired) electrons. The van der Waals surface area contributed by atoms with Crippen LogP contribution in [0.15, 0.2) is 73.1 Å². The zero-order valence-corrected chi connectivity index (χ0v) is 21.0. The van der Waals surface area contributed by atoms with E-state index in [4.69, 9.17) is 21.3 Å². The van der Waals surface area contributed by atoms with Gasteiger partial charge in [0.15, 0.2) is 0 Å². The Morgan fingerprint density at radius 1 is 1.03 bits per heavy atom. The average molecular weight is 539 g/mol. The van der Waals surface area contributed by atoms with Crippen LogP contribution in [-0.4, -0.2) is 58.6 Å². The maximum absolute atomic E-state index is 13.5. The van der Waals surface area contributed by atoms with Crippen LogP contribution in [0.2, 0.25) is 5.02 Å². The summed E-state index contributed by atoms with van der Waals surface area (Å²) in [5.41, 5.74) is 4.04. The minimum Gasteiger partial charge on any atom is -0.377 e. The Kier molecular flexibility index (Phi) is 6.08. The van der Waals surface area contributed by atoms with Crippen LogP contribution in [0.25, 0.3) is 27.8 Å². The molecule has 0 unspecified atom stereocenters. The molecule has 1 atom stereocenters. The number of aromatic nitrogens is 4. The van der Waals surface area contributed by atoms with Crippen LogP contribution in [0.5, 0.6) is 0 Å². The fourth-order valence-electron chi connectivity index (χ4n) is 4.82. The minimum absolute atomic E-state index is 0.187. The van der Waals surface area contributed by atoms with Gasteiger partial charge in [-0.25, -0.2) is 0 Å². The van der Waals surface area contributed by atoms with Gasteiger partial charge < -0.3 is 14.5 Å². The second kappa shape index (κ2) is 9.45. The maximum atomic E-state index is 13.5. The summed E-state index contributed by atoms with van der Waals surface area (Å²) in [6.07, 6.45) is -2.76. The van der Waals surface area contributed by atoms with E-state index in [9.17, 15) is 13.2 Å². The number of morpholine rings is 1. The second-order valence-corrected chi connectivity index (χ2v) is 9.52. The van der Waals surface area contributed by atoms with Crippen molar-refractivity contribution in [2.45, 2.75) is 12.2 Å². The lowest BCUT2D eigenvalue weighted by molar-refractivity contribution is -0.167. The summed E-state index contributed by atoms with van der Waals surface area (Å²) < 4.78 is 47.4. The highest BCUT2D eigenvalue weighted by atomic mass is 35.5. The smallest absolute Gasteiger partial charge is 0.377 e. The fraction of sp³-hybridized carbons (Fsp3) is 0.222. The first-order valence-corrected chi connectivity index (χ1v) is 12.3. The molecule has 0 spiro atoms. The van der Waals surface area contributed by atoms with Gasteiger partial charge >= 0.3 is 6.18 Å². The topological polar surface area (TPSA) is 58.8 Å². The summed E-state index contributed by atoms with van der Waals surface area (Å²) in [6, 6.07) is 19.0. The zero-order chi connectivity index (χ0) is 26.4. The van der Waals surface area contributed by atoms with Crippen LogP contribution in [0.1, 0.15) is 0 Å². The predicted molar refractivity (Wildman–Crippen MR) is 141 cm³/mol. The molecule has 3 aromatic carbocycles. The number of halogens is 4. The van der Waals surface area contributed by atoms with Crippen LogP contribution in [-0.2, 0) is 4.74 Å². The third-order valence-electron chi connectivity index (χ3n) is 6.79. The van der Waals surface area contributed by atoms with Crippen molar-refractivity contribution >= 4 is 45.5 Å². The lowest BCUT2D eigenvalue weighted by Gasteiger charge is -2.38. The van der Waals surface area contributed by atoms with Crippen molar-refractivity contribution in [2.24, 2.45) is 0 Å². The second-order valence-electron chi connectivity index (χ2n) is 9.08. The molecular weight excluding hydrogens is 517 g/mol. The van der Waals surface area contributed by atoms with Crippen molar-refractivity contribution in [2.75, 3.05) is 36.6 Å². The van der Waals surface area contributed by atoms with E-state index < -0.39 is 12.2 Å². The van der Waals surface area contributed by atoms with Gasteiger partial charge in [0.2, 0.25) is 0 Å². The Hall–Kier alpha value is -3.89. The zero-order valence-electron chi connectivity index (χ0n) is 20.2. The van der Waals surface area contributed by atoms with E-state index in [-0.39, 0.29) is 19.8 Å². The van der Waals surface area contributed by atoms with Crippen molar-refractivity contribution in [1.82, 2.24) is 19.6 Å². The van der Waals surface area contributed by atoms with Gasteiger partial charge in [-0.15, -0.1) is 10.2 Å². The molecule has 1 saturated heterocycles. The van der Waals surface area contributed by atoms with Gasteiger partial charge in [-0.3, -0.25) is 4.40 Å². The van der Waals surface area contributed by atoms with Crippen molar-refractivity contribution in [3.63, 3.8) is 0 Å². The van der Waals surface area contributed by atoms with Gasteiger partial charge in [0.1, 0.15) is 18.2 Å². The van der Waals surface area contributed by atoms with E-state index in [1.807, 2.05) is 66.5 Å². The Labute approximate surface area is 221 Å². The summed E-state index contributed by atoms with van der Waals surface area (Å²) in [6.45, 7) is 0.0831. The van der Waals surface area contributed by atoms with Crippen LogP contribution >= 0.6 is 11.6 Å². The molecule has 1 fully saturated rings. The average Bonchev–Trinajstić information content (AvgIpc) is 3.41. The quantitative estimate of drug-likeness (QED) is 0.274. The van der Waals surface area contributed by atoms with Gasteiger partial charge in [-0.2, -0.15) is 18.2 Å². The summed E-state index contributed by atoms with van der Waals surface area (Å²) in [5, 5.41) is 9.57. The number of nitrogens with zero attached hydrogens (tertiary/aromatic N) is 6. The summed E-state index contributed by atoms with van der Waals surface area (Å²) in [4.78, 5) is 8.05. The third-order valence-corrected chi connectivity index (χ3v) is 7.02. The molecular formula is C27H22ClF3N6O. The van der Waals surface area contributed by atoms with E-state index >= 15 is 0 Å². The first kappa shape index (κ1) is 24.4. The Balaban J connectivity index is 1.33. The summed E-state index contributed by atoms with van der Waals surface area (Å²) >= 11 is 6.26. The van der Waals surface area contributed by atoms with Crippen LogP contribution in [0.3, 0.4) is 0 Å². The first-order valence-electron chi connectivity index (χ1n) is 11.9. The van der Waals surface area contributed by atoms with Crippen LogP contribution in [0.4, 0.5) is 30.4 Å². The van der Waals surface area contributed by atoms with Crippen LogP contribution < -0.4 is 9.80 Å². The fourth-order valence-corrected chi connectivity index (χ4v) is 4.99. The molecule has 0 amide bonds. The molecule has 2 aromatic heterocycles. The molecule has 0 N–H and O–H groups in total. The molecule has 3 heterocycles. The normalized spacial score (nSPS) is 16.3. The highest BCUT2D eigenvalue weighted by Crippen LogP contribution is 2.35. The SMILES string of the molecule is CN(c1cccc(-c2ccc(N3CCOC[C@H]3C(F)(F)F)cc2)c1)c1nc2nncn2c2cc(Cl)ccc12. The van der Waals surface area contributed by atoms with Gasteiger partial charge in [-0.1, -0.05) is 35.9 Å². The molecule has 0 saturated carbocycles. The number of hydrogen-bond acceptors (Lipinski definition) is 6. The monoisotopic (exact) mass is 538 g/mol. The lowest BCUT2D eigenvalue weighted by Crippen LogP contribution is -2.53. The Bertz CT molecular complexity index is 1620. The van der Waals surface area contributed by atoms with Gasteiger partial charge in [0.05, 0.1) is 18.7 Å². The van der Waals surface area contributed by atoms with Gasteiger partial charge in [0.25, 0.3) is 5.78 Å². The molecule has 194 valence electrons. The molecule has 11 heteroatoms. The Morgan fingerprint density at radius 2 is 1.84 bits per heavy atom. The highest BCUT2D eigenvalue weighted by molar-refractivity contribution is 6.31. The molecule has 1 aliphatic heterocycles. The number of ether oxygens (including phenoxy) is 1. The lowest BCUT2D eigenvalue weighted by atomic mass is 10.0. The number of alkyl halides is 3. The molecule has 6 rings (SSSR count). The standard InChI is InChI=1S/C27H22ClF3N6O/c1-35(25-22-10-7-19(28)14-23(22)37-16-32-34-26(37)33-25)21-4-2-3-18(13-21)17-5-8-20(9-6-17)36-11-12-38-15-24(36)27(29,30)31/h2-10,13-14,16,24H,11-12,15H2,1H3/t24-/m0/s1. The van der Waals surface area contributed by atoms with Gasteiger partial charge in [-0.05, 0) is 53.6 Å². The number of fused-ring (bicyclic) bond motifs is 3. The molecule has 1 aliphatic rings. The van der Waals surface area contributed by atoms with E-state index in [2.05, 4.69) is 10.2 Å². The molecule has 7 nitrogen and oxygen atoms in total. The van der Waals surface area contributed by atoms with E-state index in [0.717, 1.165) is 27.7 Å². The van der Waals surface area contributed by atoms with E-state index in [1.165, 1.54) is 4.90 Å². The molecule has 5 aromatic rings. The van der Waals surface area contributed by atoms with Crippen molar-refractivity contribution in [1.29, 1.82) is 0 Å². The summed E-state index contributed by atoms with van der Waals surface area (Å²) in [7, 11) is 1.92. The maximum Gasteiger partial charge on any atom is 0.411 e. The molecule has 0 bridgehead atoms. The number of benzene rings is 3. The first-order chi connectivity index (χ1) is 18.3. The molecule has 0 aliphatic carbocycles. The Morgan fingerprint density at radius 3 is 2.63 bits per heavy atom. The highest BCUT2D eigenvalue weighted by Gasteiger charge is 2.45. The number of hydrogen-bond donors (Lipinski definition) is 0. The summed E-state index contributed by atoms with van der Waals surface area (Å²) in [5.74, 6) is 1.14. The minimum atomic E-state index is -4.36. The van der Waals surface area contributed by atoms with E-state index in [1.54, 1.807) is 22.9 Å². The van der Waals surface area contributed by atoms with Gasteiger partial charge in [0, 0.05) is 35.4 Å². The number of rotatable bonds is 4. The van der Waals surface area contributed by atoms with Crippen LogP contribution in [0, 0.1) is 0 Å². The molecule has 38 heavy (non-hydrogen) atoms. The predicted octanol–water partition coefficient (Wildman–Crippen LogP) is 6.13. The third kappa shape index (κ3) is 4.39. The van der Waals surface area contributed by atoms with E-state index in [0.29, 0.717) is 22.3 Å².